The number of rotatable bonds is 4. The lowest BCUT2D eigenvalue weighted by molar-refractivity contribution is -0.776. The third kappa shape index (κ3) is 2.67. The fourth-order valence-corrected chi connectivity index (χ4v) is 5.92. The number of anilines is 1. The Hall–Kier alpha value is -0.320. The summed E-state index contributed by atoms with van der Waals surface area (Å²) in [6, 6.07) is 4.68. The molecule has 4 aliphatic carbocycles. The summed E-state index contributed by atoms with van der Waals surface area (Å²) in [6.07, 6.45) is 13.6. The molecule has 4 aliphatic rings. The molecule has 5 rings (SSSR count). The third-order valence-electron chi connectivity index (χ3n) is 6.49. The topological polar surface area (TPSA) is 7.12 Å². The molecular formula is C19H29IN2. The quantitative estimate of drug-likeness (QED) is 0.523. The number of hydrogen-bond donors (Lipinski definition) is 0. The molecule has 2 nitrogen and oxygen atoms in total. The molecule has 0 aliphatic heterocycles. The van der Waals surface area contributed by atoms with E-state index in [2.05, 4.69) is 47.8 Å². The highest BCUT2D eigenvalue weighted by Gasteiger charge is 2.56. The van der Waals surface area contributed by atoms with E-state index in [4.69, 9.17) is 0 Å². The summed E-state index contributed by atoms with van der Waals surface area (Å²) in [6.45, 7) is 6.67. The Balaban J connectivity index is 0.00000144. The normalized spacial score (nSPS) is 35.3. The van der Waals surface area contributed by atoms with Crippen LogP contribution in [-0.2, 0) is 5.54 Å². The Morgan fingerprint density at radius 3 is 1.82 bits per heavy atom. The summed E-state index contributed by atoms with van der Waals surface area (Å²) < 4.78 is 2.59. The van der Waals surface area contributed by atoms with Crippen molar-refractivity contribution in [2.45, 2.75) is 57.9 Å². The molecule has 4 bridgehead atoms. The van der Waals surface area contributed by atoms with Crippen molar-refractivity contribution in [1.82, 2.24) is 0 Å². The van der Waals surface area contributed by atoms with Gasteiger partial charge in [-0.25, -0.2) is 0 Å². The zero-order valence-electron chi connectivity index (χ0n) is 14.0. The third-order valence-corrected chi connectivity index (χ3v) is 6.49. The molecule has 4 fully saturated rings. The molecule has 4 saturated carbocycles. The molecule has 0 spiro atoms. The van der Waals surface area contributed by atoms with Crippen LogP contribution in [0.5, 0.6) is 0 Å². The second-order valence-electron chi connectivity index (χ2n) is 7.78. The highest BCUT2D eigenvalue weighted by molar-refractivity contribution is 5.43. The van der Waals surface area contributed by atoms with Crippen LogP contribution in [0, 0.1) is 17.8 Å². The second-order valence-corrected chi connectivity index (χ2v) is 7.78. The van der Waals surface area contributed by atoms with Crippen molar-refractivity contribution in [3.63, 3.8) is 0 Å². The van der Waals surface area contributed by atoms with Gasteiger partial charge in [0, 0.05) is 50.2 Å². The van der Waals surface area contributed by atoms with Gasteiger partial charge >= 0.3 is 0 Å². The maximum absolute atomic E-state index is 2.59. The molecular weight excluding hydrogens is 383 g/mol. The number of aromatic nitrogens is 1. The highest BCUT2D eigenvalue weighted by atomic mass is 127. The van der Waals surface area contributed by atoms with Gasteiger partial charge in [-0.1, -0.05) is 0 Å². The Morgan fingerprint density at radius 1 is 0.955 bits per heavy atom. The molecule has 1 aromatic rings. The zero-order valence-corrected chi connectivity index (χ0v) is 16.1. The van der Waals surface area contributed by atoms with E-state index < -0.39 is 0 Å². The van der Waals surface area contributed by atoms with Crippen LogP contribution in [0.4, 0.5) is 5.69 Å². The van der Waals surface area contributed by atoms with Crippen LogP contribution in [0.25, 0.3) is 0 Å². The molecule has 1 heterocycles. The highest BCUT2D eigenvalue weighted by Crippen LogP contribution is 2.56. The minimum absolute atomic E-state index is 0. The Kier molecular flexibility index (Phi) is 4.73. The van der Waals surface area contributed by atoms with Crippen molar-refractivity contribution in [1.29, 1.82) is 0 Å². The van der Waals surface area contributed by atoms with Gasteiger partial charge in [-0.3, -0.25) is 0 Å². The number of hydrogen-bond acceptors (Lipinski definition) is 1. The van der Waals surface area contributed by atoms with Crippen molar-refractivity contribution in [2.24, 2.45) is 17.8 Å². The van der Waals surface area contributed by atoms with E-state index in [0.29, 0.717) is 5.54 Å². The van der Waals surface area contributed by atoms with E-state index in [-0.39, 0.29) is 24.0 Å². The van der Waals surface area contributed by atoms with Crippen molar-refractivity contribution >= 4 is 5.69 Å². The second kappa shape index (κ2) is 6.29. The number of halogens is 1. The molecule has 22 heavy (non-hydrogen) atoms. The van der Waals surface area contributed by atoms with Gasteiger partial charge in [-0.2, -0.15) is 4.57 Å². The SMILES string of the molecule is CCN(CC)c1cc[n+](C23CC4CC(CC(C4)C2)C3)cc1.[I-]. The lowest BCUT2D eigenvalue weighted by Gasteiger charge is -2.53. The van der Waals surface area contributed by atoms with Crippen LogP contribution in [-0.4, -0.2) is 13.1 Å². The number of nitrogens with zero attached hydrogens (tertiary/aromatic N) is 2. The van der Waals surface area contributed by atoms with Gasteiger partial charge < -0.3 is 28.9 Å². The standard InChI is InChI=1S/C19H29N2.HI/c1-3-20(4-2)18-5-7-21(8-6-18)19-12-15-9-16(13-19)11-17(10-15)14-19;/h5-8,15-17H,3-4,9-14H2,1-2H3;1H/q+1;/p-1. The summed E-state index contributed by atoms with van der Waals surface area (Å²) in [4.78, 5) is 2.43. The molecule has 0 atom stereocenters. The van der Waals surface area contributed by atoms with Crippen LogP contribution in [0.2, 0.25) is 0 Å². The lowest BCUT2D eigenvalue weighted by atomic mass is 9.53. The molecule has 3 heteroatoms. The Labute approximate surface area is 152 Å². The van der Waals surface area contributed by atoms with Crippen molar-refractivity contribution in [3.05, 3.63) is 24.5 Å². The van der Waals surface area contributed by atoms with Crippen molar-refractivity contribution in [3.8, 4) is 0 Å². The van der Waals surface area contributed by atoms with E-state index in [1.807, 2.05) is 0 Å². The van der Waals surface area contributed by atoms with Crippen LogP contribution in [0.15, 0.2) is 24.5 Å². The smallest absolute Gasteiger partial charge is 0.171 e. The summed E-state index contributed by atoms with van der Waals surface area (Å²) in [5.41, 5.74) is 1.84. The summed E-state index contributed by atoms with van der Waals surface area (Å²) >= 11 is 0. The van der Waals surface area contributed by atoms with Gasteiger partial charge in [0.25, 0.3) is 0 Å². The van der Waals surface area contributed by atoms with E-state index >= 15 is 0 Å². The van der Waals surface area contributed by atoms with E-state index in [1.165, 1.54) is 44.2 Å². The van der Waals surface area contributed by atoms with Gasteiger partial charge in [0.2, 0.25) is 0 Å². The van der Waals surface area contributed by atoms with Gasteiger partial charge in [0.1, 0.15) is 0 Å². The van der Waals surface area contributed by atoms with Crippen molar-refractivity contribution in [2.75, 3.05) is 18.0 Å². The first-order valence-electron chi connectivity index (χ1n) is 8.99. The zero-order chi connectivity index (χ0) is 14.4. The fraction of sp³-hybridized carbons (Fsp3) is 0.737. The number of pyridine rings is 1. The molecule has 0 aromatic carbocycles. The van der Waals surface area contributed by atoms with Gasteiger partial charge in [0.05, 0.1) is 0 Å². The Morgan fingerprint density at radius 2 is 1.41 bits per heavy atom. The monoisotopic (exact) mass is 412 g/mol. The van der Waals surface area contributed by atoms with E-state index in [1.54, 1.807) is 0 Å². The summed E-state index contributed by atoms with van der Waals surface area (Å²) in [7, 11) is 0. The van der Waals surface area contributed by atoms with Crippen LogP contribution in [0.3, 0.4) is 0 Å². The maximum atomic E-state index is 2.59. The fourth-order valence-electron chi connectivity index (χ4n) is 5.92. The average molecular weight is 412 g/mol. The van der Waals surface area contributed by atoms with Crippen LogP contribution < -0.4 is 33.4 Å². The average Bonchev–Trinajstić information content (AvgIpc) is 2.48. The molecule has 0 unspecified atom stereocenters. The molecule has 0 radical (unpaired) electrons. The molecule has 0 saturated heterocycles. The van der Waals surface area contributed by atoms with E-state index in [9.17, 15) is 0 Å². The van der Waals surface area contributed by atoms with Gasteiger partial charge in [-0.05, 0) is 50.9 Å². The van der Waals surface area contributed by atoms with Crippen molar-refractivity contribution < 1.29 is 28.5 Å². The minimum atomic E-state index is 0. The molecule has 0 amide bonds. The lowest BCUT2D eigenvalue weighted by Crippen LogP contribution is -3.00. The van der Waals surface area contributed by atoms with E-state index in [0.717, 1.165) is 30.8 Å². The molecule has 122 valence electrons. The summed E-state index contributed by atoms with van der Waals surface area (Å²) in [5, 5.41) is 0. The van der Waals surface area contributed by atoms with Gasteiger partial charge in [0.15, 0.2) is 17.9 Å². The largest absolute Gasteiger partial charge is 1.00 e. The first kappa shape index (κ1) is 16.5. The predicted octanol–water partition coefficient (Wildman–Crippen LogP) is 0.750. The molecule has 1 aromatic heterocycles. The predicted molar refractivity (Wildman–Crippen MR) is 86.3 cm³/mol. The molecule has 0 N–H and O–H groups in total. The Bertz CT molecular complexity index is 471. The minimum Gasteiger partial charge on any atom is -1.00 e. The maximum Gasteiger partial charge on any atom is 0.171 e. The van der Waals surface area contributed by atoms with Crippen LogP contribution >= 0.6 is 0 Å². The van der Waals surface area contributed by atoms with Gasteiger partial charge in [-0.15, -0.1) is 0 Å². The van der Waals surface area contributed by atoms with Crippen LogP contribution in [0.1, 0.15) is 52.4 Å². The first-order chi connectivity index (χ1) is 10.2. The summed E-state index contributed by atoms with van der Waals surface area (Å²) in [5.74, 6) is 3.06. The first-order valence-corrected chi connectivity index (χ1v) is 8.99.